The molecule has 0 spiro atoms. The molecular formula is C19H15ClN4OS. The van der Waals surface area contributed by atoms with Crippen molar-refractivity contribution in [2.45, 2.75) is 13.5 Å². The van der Waals surface area contributed by atoms with E-state index >= 15 is 0 Å². The van der Waals surface area contributed by atoms with E-state index in [4.69, 9.17) is 11.6 Å². The molecule has 0 bridgehead atoms. The monoisotopic (exact) mass is 382 g/mol. The van der Waals surface area contributed by atoms with Gasteiger partial charge in [-0.15, -0.1) is 11.3 Å². The summed E-state index contributed by atoms with van der Waals surface area (Å²) in [5.41, 5.74) is 2.84. The molecule has 3 heterocycles. The van der Waals surface area contributed by atoms with Gasteiger partial charge in [-0.05, 0) is 31.2 Å². The molecule has 0 saturated carbocycles. The summed E-state index contributed by atoms with van der Waals surface area (Å²) in [4.78, 5) is 21.5. The van der Waals surface area contributed by atoms with Gasteiger partial charge < -0.3 is 9.88 Å². The second-order valence-corrected chi connectivity index (χ2v) is 6.94. The summed E-state index contributed by atoms with van der Waals surface area (Å²) in [5.74, 6) is -0.280. The zero-order chi connectivity index (χ0) is 18.1. The van der Waals surface area contributed by atoms with Crippen LogP contribution in [0.3, 0.4) is 0 Å². The van der Waals surface area contributed by atoms with Crippen molar-refractivity contribution in [1.29, 1.82) is 0 Å². The Morgan fingerprint density at radius 2 is 2.12 bits per heavy atom. The third-order valence-corrected chi connectivity index (χ3v) is 5.27. The van der Waals surface area contributed by atoms with E-state index in [9.17, 15) is 4.79 Å². The molecule has 0 saturated heterocycles. The molecule has 1 amide bonds. The van der Waals surface area contributed by atoms with Crippen LogP contribution < -0.4 is 5.32 Å². The van der Waals surface area contributed by atoms with Gasteiger partial charge in [-0.1, -0.05) is 23.7 Å². The van der Waals surface area contributed by atoms with Gasteiger partial charge in [0, 0.05) is 35.3 Å². The van der Waals surface area contributed by atoms with E-state index in [1.807, 2.05) is 30.5 Å². The summed E-state index contributed by atoms with van der Waals surface area (Å²) < 4.78 is 2.08. The fourth-order valence-electron chi connectivity index (χ4n) is 2.78. The molecule has 5 nitrogen and oxygen atoms in total. The maximum atomic E-state index is 12.5. The number of nitrogens with one attached hydrogen (secondary N) is 1. The SMILES string of the molecule is CCn1cc(-c2nc(C(=O)Nc3ccccc3Cl)cs2)c2cccnc21. The summed E-state index contributed by atoms with van der Waals surface area (Å²) >= 11 is 7.54. The molecule has 1 N–H and O–H groups in total. The van der Waals surface area contributed by atoms with Crippen LogP contribution in [-0.2, 0) is 6.54 Å². The van der Waals surface area contributed by atoms with Crippen molar-refractivity contribution in [3.63, 3.8) is 0 Å². The number of benzene rings is 1. The molecule has 7 heteroatoms. The molecular weight excluding hydrogens is 368 g/mol. The summed E-state index contributed by atoms with van der Waals surface area (Å²) in [6, 6.07) is 11.1. The van der Waals surface area contributed by atoms with Crippen molar-refractivity contribution < 1.29 is 4.79 Å². The average Bonchev–Trinajstić information content (AvgIpc) is 3.28. The molecule has 26 heavy (non-hydrogen) atoms. The zero-order valence-electron chi connectivity index (χ0n) is 13.9. The number of fused-ring (bicyclic) bond motifs is 1. The Morgan fingerprint density at radius 1 is 1.27 bits per heavy atom. The van der Waals surface area contributed by atoms with Crippen molar-refractivity contribution in [1.82, 2.24) is 14.5 Å². The Kier molecular flexibility index (Phi) is 4.44. The highest BCUT2D eigenvalue weighted by Crippen LogP contribution is 2.32. The number of thiazole rings is 1. The first-order valence-corrected chi connectivity index (χ1v) is 9.38. The Morgan fingerprint density at radius 3 is 2.92 bits per heavy atom. The van der Waals surface area contributed by atoms with Gasteiger partial charge in [-0.25, -0.2) is 9.97 Å². The lowest BCUT2D eigenvalue weighted by molar-refractivity contribution is 0.102. The predicted molar refractivity (Wildman–Crippen MR) is 106 cm³/mol. The first kappa shape index (κ1) is 16.8. The molecule has 3 aromatic heterocycles. The molecule has 4 rings (SSSR count). The highest BCUT2D eigenvalue weighted by Gasteiger charge is 2.17. The van der Waals surface area contributed by atoms with E-state index in [2.05, 4.69) is 26.8 Å². The number of hydrogen-bond donors (Lipinski definition) is 1. The minimum Gasteiger partial charge on any atom is -0.332 e. The fraction of sp³-hybridized carbons (Fsp3) is 0.105. The van der Waals surface area contributed by atoms with Crippen LogP contribution in [0.25, 0.3) is 21.6 Å². The number of carbonyl (C=O) groups excluding carboxylic acids is 1. The largest absolute Gasteiger partial charge is 0.332 e. The van der Waals surface area contributed by atoms with Crippen molar-refractivity contribution in [2.75, 3.05) is 5.32 Å². The fourth-order valence-corrected chi connectivity index (χ4v) is 3.79. The first-order valence-electron chi connectivity index (χ1n) is 8.13. The minimum absolute atomic E-state index is 0.280. The molecule has 1 aromatic carbocycles. The Balaban J connectivity index is 1.67. The summed E-state index contributed by atoms with van der Waals surface area (Å²) in [7, 11) is 0. The normalized spacial score (nSPS) is 11.0. The van der Waals surface area contributed by atoms with E-state index in [1.54, 1.807) is 23.7 Å². The topological polar surface area (TPSA) is 59.8 Å². The van der Waals surface area contributed by atoms with E-state index in [0.717, 1.165) is 28.1 Å². The number of aromatic nitrogens is 3. The van der Waals surface area contributed by atoms with Crippen LogP contribution in [0.2, 0.25) is 5.02 Å². The first-order chi connectivity index (χ1) is 12.7. The number of pyridine rings is 1. The molecule has 0 aliphatic heterocycles. The highest BCUT2D eigenvalue weighted by molar-refractivity contribution is 7.13. The number of hydrogen-bond acceptors (Lipinski definition) is 4. The number of aryl methyl sites for hydroxylation is 1. The molecule has 0 atom stereocenters. The van der Waals surface area contributed by atoms with E-state index in [0.29, 0.717) is 16.4 Å². The van der Waals surface area contributed by atoms with Gasteiger partial charge in [0.2, 0.25) is 0 Å². The lowest BCUT2D eigenvalue weighted by atomic mass is 10.2. The van der Waals surface area contributed by atoms with Crippen molar-refractivity contribution in [3.05, 3.63) is 64.9 Å². The van der Waals surface area contributed by atoms with Crippen LogP contribution >= 0.6 is 22.9 Å². The second kappa shape index (κ2) is 6.90. The molecule has 0 aliphatic carbocycles. The number of nitrogens with zero attached hydrogens (tertiary/aromatic N) is 3. The van der Waals surface area contributed by atoms with Gasteiger partial charge >= 0.3 is 0 Å². The number of rotatable bonds is 4. The third-order valence-electron chi connectivity index (χ3n) is 4.06. The predicted octanol–water partition coefficient (Wildman–Crippen LogP) is 5.09. The van der Waals surface area contributed by atoms with Crippen LogP contribution in [0.15, 0.2) is 54.2 Å². The molecule has 4 aromatic rings. The van der Waals surface area contributed by atoms with Crippen LogP contribution in [0.1, 0.15) is 17.4 Å². The van der Waals surface area contributed by atoms with E-state index in [-0.39, 0.29) is 5.91 Å². The zero-order valence-corrected chi connectivity index (χ0v) is 15.5. The summed E-state index contributed by atoms with van der Waals surface area (Å²) in [6.07, 6.45) is 3.81. The van der Waals surface area contributed by atoms with Crippen LogP contribution in [0.4, 0.5) is 5.69 Å². The third kappa shape index (κ3) is 2.98. The lowest BCUT2D eigenvalue weighted by Crippen LogP contribution is -2.12. The summed E-state index contributed by atoms with van der Waals surface area (Å²) in [5, 5.41) is 6.87. The van der Waals surface area contributed by atoms with Gasteiger partial charge in [-0.3, -0.25) is 4.79 Å². The van der Waals surface area contributed by atoms with Gasteiger partial charge in [0.05, 0.1) is 10.7 Å². The smallest absolute Gasteiger partial charge is 0.275 e. The second-order valence-electron chi connectivity index (χ2n) is 5.68. The molecule has 0 fully saturated rings. The molecule has 0 radical (unpaired) electrons. The lowest BCUT2D eigenvalue weighted by Gasteiger charge is -2.04. The van der Waals surface area contributed by atoms with Gasteiger partial charge in [-0.2, -0.15) is 0 Å². The molecule has 130 valence electrons. The van der Waals surface area contributed by atoms with Crippen molar-refractivity contribution >= 4 is 45.6 Å². The van der Waals surface area contributed by atoms with Gasteiger partial charge in [0.1, 0.15) is 16.3 Å². The quantitative estimate of drug-likeness (QED) is 0.535. The van der Waals surface area contributed by atoms with Gasteiger partial charge in [0.25, 0.3) is 5.91 Å². The molecule has 0 aliphatic rings. The Labute approximate surface area is 159 Å². The van der Waals surface area contributed by atoms with Gasteiger partial charge in [0.15, 0.2) is 0 Å². The van der Waals surface area contributed by atoms with Crippen LogP contribution in [0, 0.1) is 0 Å². The minimum atomic E-state index is -0.280. The van der Waals surface area contributed by atoms with Crippen LogP contribution in [0.5, 0.6) is 0 Å². The van der Waals surface area contributed by atoms with E-state index < -0.39 is 0 Å². The van der Waals surface area contributed by atoms with Crippen LogP contribution in [-0.4, -0.2) is 20.4 Å². The Bertz CT molecular complexity index is 1100. The number of para-hydroxylation sites is 1. The number of anilines is 1. The Hall–Kier alpha value is -2.70. The van der Waals surface area contributed by atoms with Crippen molar-refractivity contribution in [2.24, 2.45) is 0 Å². The molecule has 0 unspecified atom stereocenters. The average molecular weight is 383 g/mol. The van der Waals surface area contributed by atoms with E-state index in [1.165, 1.54) is 11.3 Å². The maximum absolute atomic E-state index is 12.5. The number of halogens is 1. The standard InChI is InChI=1S/C19H15ClN4OS/c1-2-24-10-13(12-6-5-9-21-17(12)24)19-23-16(11-26-19)18(25)22-15-8-4-3-7-14(15)20/h3-11H,2H2,1H3,(H,22,25). The maximum Gasteiger partial charge on any atom is 0.275 e. The van der Waals surface area contributed by atoms with Crippen molar-refractivity contribution in [3.8, 4) is 10.6 Å². The summed E-state index contributed by atoms with van der Waals surface area (Å²) in [6.45, 7) is 2.89. The highest BCUT2D eigenvalue weighted by atomic mass is 35.5. The number of carbonyl (C=O) groups is 1. The number of amides is 1.